The number of aromatic nitrogens is 1. The number of amides is 2. The highest BCUT2D eigenvalue weighted by Crippen LogP contribution is 2.23. The number of para-hydroxylation sites is 1. The van der Waals surface area contributed by atoms with Crippen molar-refractivity contribution in [2.45, 2.75) is 12.6 Å². The zero-order chi connectivity index (χ0) is 17.4. The van der Waals surface area contributed by atoms with Crippen LogP contribution in [-0.2, 0) is 6.54 Å². The van der Waals surface area contributed by atoms with Gasteiger partial charge in [0.25, 0.3) is 0 Å². The fourth-order valence-electron chi connectivity index (χ4n) is 2.22. The van der Waals surface area contributed by atoms with E-state index in [2.05, 4.69) is 15.6 Å². The van der Waals surface area contributed by atoms with Gasteiger partial charge in [-0.05, 0) is 12.1 Å². The summed E-state index contributed by atoms with van der Waals surface area (Å²) in [6, 6.07) is 10.3. The maximum absolute atomic E-state index is 11.9. The average Bonchev–Trinajstić information content (AvgIpc) is 2.64. The molecule has 24 heavy (non-hydrogen) atoms. The normalized spacial score (nSPS) is 11.5. The fraction of sp³-hybridized carbons (Fsp3) is 0.294. The zero-order valence-electron chi connectivity index (χ0n) is 13.7. The highest BCUT2D eigenvalue weighted by atomic mass is 16.5. The minimum atomic E-state index is -0.861. The number of aliphatic hydroxyl groups is 1. The van der Waals surface area contributed by atoms with Gasteiger partial charge in [-0.25, -0.2) is 9.78 Å². The number of aliphatic hydroxyl groups excluding tert-OH is 1. The van der Waals surface area contributed by atoms with Crippen molar-refractivity contribution in [1.82, 2.24) is 15.6 Å². The van der Waals surface area contributed by atoms with E-state index in [1.807, 2.05) is 12.1 Å². The van der Waals surface area contributed by atoms with Gasteiger partial charge in [0.1, 0.15) is 5.75 Å². The summed E-state index contributed by atoms with van der Waals surface area (Å²) in [6.07, 6.45) is 0.756. The van der Waals surface area contributed by atoms with E-state index in [0.29, 0.717) is 17.2 Å². The first-order valence-electron chi connectivity index (χ1n) is 7.46. The van der Waals surface area contributed by atoms with Crippen LogP contribution in [0.2, 0.25) is 0 Å². The van der Waals surface area contributed by atoms with Gasteiger partial charge in [0.05, 0.1) is 20.3 Å². The van der Waals surface area contributed by atoms with E-state index in [9.17, 15) is 9.90 Å². The summed E-state index contributed by atoms with van der Waals surface area (Å²) in [5.41, 5.74) is 1.38. The molecule has 2 aromatic rings. The van der Waals surface area contributed by atoms with Gasteiger partial charge in [-0.1, -0.05) is 24.3 Å². The Morgan fingerprint density at radius 1 is 1.17 bits per heavy atom. The van der Waals surface area contributed by atoms with Crippen LogP contribution in [0, 0.1) is 0 Å². The highest BCUT2D eigenvalue weighted by molar-refractivity contribution is 5.73. The number of carbonyl (C=O) groups excluding carboxylic acids is 1. The lowest BCUT2D eigenvalue weighted by Crippen LogP contribution is -2.37. The first-order chi connectivity index (χ1) is 11.7. The third-order valence-corrected chi connectivity index (χ3v) is 3.44. The van der Waals surface area contributed by atoms with Crippen LogP contribution in [-0.4, -0.2) is 36.9 Å². The lowest BCUT2D eigenvalue weighted by Gasteiger charge is -2.16. The summed E-state index contributed by atoms with van der Waals surface area (Å²) in [5.74, 6) is 1.04. The SMILES string of the molecule is COc1ccccc1C(O)CNC(=O)NCc1cccnc1OC. The molecule has 0 aliphatic carbocycles. The van der Waals surface area contributed by atoms with Crippen LogP contribution in [0.15, 0.2) is 42.6 Å². The van der Waals surface area contributed by atoms with Crippen molar-refractivity contribution in [2.24, 2.45) is 0 Å². The molecule has 0 bridgehead atoms. The van der Waals surface area contributed by atoms with Crippen LogP contribution in [0.4, 0.5) is 4.79 Å². The quantitative estimate of drug-likeness (QED) is 0.717. The maximum atomic E-state index is 11.9. The number of rotatable bonds is 7. The standard InChI is InChI=1S/C17H21N3O4/c1-23-15-8-4-3-7-13(15)14(21)11-20-17(22)19-10-12-6-5-9-18-16(12)24-2/h3-9,14,21H,10-11H2,1-2H3,(H2,19,20,22). The second-order valence-corrected chi connectivity index (χ2v) is 4.99. The van der Waals surface area contributed by atoms with E-state index in [0.717, 1.165) is 5.56 Å². The number of carbonyl (C=O) groups is 1. The molecule has 0 saturated carbocycles. The smallest absolute Gasteiger partial charge is 0.315 e. The van der Waals surface area contributed by atoms with E-state index in [1.54, 1.807) is 30.5 Å². The molecule has 1 unspecified atom stereocenters. The molecular weight excluding hydrogens is 310 g/mol. The highest BCUT2D eigenvalue weighted by Gasteiger charge is 2.14. The number of hydrogen-bond donors (Lipinski definition) is 3. The third kappa shape index (κ3) is 4.60. The number of urea groups is 1. The summed E-state index contributed by atoms with van der Waals surface area (Å²) in [6.45, 7) is 0.337. The molecule has 1 aromatic heterocycles. The molecule has 2 amide bonds. The van der Waals surface area contributed by atoms with Crippen molar-refractivity contribution in [3.63, 3.8) is 0 Å². The first kappa shape index (κ1) is 17.6. The van der Waals surface area contributed by atoms with Crippen LogP contribution in [0.1, 0.15) is 17.2 Å². The maximum Gasteiger partial charge on any atom is 0.315 e. The van der Waals surface area contributed by atoms with Crippen LogP contribution in [0.5, 0.6) is 11.6 Å². The van der Waals surface area contributed by atoms with Gasteiger partial charge in [0, 0.05) is 30.4 Å². The van der Waals surface area contributed by atoms with Crippen molar-refractivity contribution >= 4 is 6.03 Å². The number of nitrogens with zero attached hydrogens (tertiary/aromatic N) is 1. The molecule has 7 heteroatoms. The number of benzene rings is 1. The summed E-state index contributed by atoms with van der Waals surface area (Å²) in [7, 11) is 3.06. The average molecular weight is 331 g/mol. The molecule has 1 aromatic carbocycles. The van der Waals surface area contributed by atoms with Crippen LogP contribution in [0.3, 0.4) is 0 Å². The Morgan fingerprint density at radius 3 is 2.71 bits per heavy atom. The molecule has 2 rings (SSSR count). The van der Waals surface area contributed by atoms with E-state index in [-0.39, 0.29) is 13.1 Å². The number of methoxy groups -OCH3 is 2. The molecule has 0 fully saturated rings. The Bertz CT molecular complexity index is 678. The molecule has 0 saturated heterocycles. The van der Waals surface area contributed by atoms with Gasteiger partial charge in [0.2, 0.25) is 5.88 Å². The minimum Gasteiger partial charge on any atom is -0.496 e. The fourth-order valence-corrected chi connectivity index (χ4v) is 2.22. The van der Waals surface area contributed by atoms with Gasteiger partial charge < -0.3 is 25.2 Å². The van der Waals surface area contributed by atoms with Crippen molar-refractivity contribution in [2.75, 3.05) is 20.8 Å². The van der Waals surface area contributed by atoms with Gasteiger partial charge in [-0.2, -0.15) is 0 Å². The molecule has 1 atom stereocenters. The predicted molar refractivity (Wildman–Crippen MR) is 89.0 cm³/mol. The van der Waals surface area contributed by atoms with E-state index in [4.69, 9.17) is 9.47 Å². The Balaban J connectivity index is 1.84. The molecule has 0 aliphatic rings. The van der Waals surface area contributed by atoms with E-state index < -0.39 is 12.1 Å². The lowest BCUT2D eigenvalue weighted by molar-refractivity contribution is 0.169. The Morgan fingerprint density at radius 2 is 1.96 bits per heavy atom. The monoisotopic (exact) mass is 331 g/mol. The number of nitrogens with one attached hydrogen (secondary N) is 2. The molecule has 3 N–H and O–H groups in total. The molecule has 1 heterocycles. The Kier molecular flexibility index (Phi) is 6.39. The Labute approximate surface area is 140 Å². The molecule has 0 spiro atoms. The largest absolute Gasteiger partial charge is 0.496 e. The van der Waals surface area contributed by atoms with Crippen molar-refractivity contribution in [3.8, 4) is 11.6 Å². The molecule has 0 radical (unpaired) electrons. The van der Waals surface area contributed by atoms with E-state index in [1.165, 1.54) is 14.2 Å². The number of pyridine rings is 1. The molecule has 0 aliphatic heterocycles. The third-order valence-electron chi connectivity index (χ3n) is 3.44. The molecule has 7 nitrogen and oxygen atoms in total. The van der Waals surface area contributed by atoms with Crippen LogP contribution >= 0.6 is 0 Å². The van der Waals surface area contributed by atoms with Crippen LogP contribution < -0.4 is 20.1 Å². The van der Waals surface area contributed by atoms with E-state index >= 15 is 0 Å². The summed E-state index contributed by atoms with van der Waals surface area (Å²) >= 11 is 0. The van der Waals surface area contributed by atoms with Gasteiger partial charge >= 0.3 is 6.03 Å². The topological polar surface area (TPSA) is 92.7 Å². The van der Waals surface area contributed by atoms with Gasteiger partial charge in [-0.15, -0.1) is 0 Å². The zero-order valence-corrected chi connectivity index (χ0v) is 13.7. The van der Waals surface area contributed by atoms with Crippen molar-refractivity contribution in [3.05, 3.63) is 53.7 Å². The summed E-state index contributed by atoms with van der Waals surface area (Å²) in [4.78, 5) is 15.9. The number of ether oxygens (including phenoxy) is 2. The minimum absolute atomic E-state index is 0.0659. The second-order valence-electron chi connectivity index (χ2n) is 4.99. The predicted octanol–water partition coefficient (Wildman–Crippen LogP) is 1.63. The molecular formula is C17H21N3O4. The number of hydrogen-bond acceptors (Lipinski definition) is 5. The van der Waals surface area contributed by atoms with Crippen LogP contribution in [0.25, 0.3) is 0 Å². The molecule has 128 valence electrons. The Hall–Kier alpha value is -2.80. The second kappa shape index (κ2) is 8.73. The summed E-state index contributed by atoms with van der Waals surface area (Å²) < 4.78 is 10.3. The van der Waals surface area contributed by atoms with Crippen molar-refractivity contribution in [1.29, 1.82) is 0 Å². The van der Waals surface area contributed by atoms with Gasteiger partial charge in [-0.3, -0.25) is 0 Å². The van der Waals surface area contributed by atoms with Gasteiger partial charge in [0.15, 0.2) is 0 Å². The van der Waals surface area contributed by atoms with Crippen molar-refractivity contribution < 1.29 is 19.4 Å². The summed E-state index contributed by atoms with van der Waals surface area (Å²) in [5, 5.41) is 15.5. The first-order valence-corrected chi connectivity index (χ1v) is 7.46. The lowest BCUT2D eigenvalue weighted by atomic mass is 10.1.